The molecule has 0 aliphatic carbocycles. The van der Waals surface area contributed by atoms with Crippen LogP contribution in [0.2, 0.25) is 0 Å². The summed E-state index contributed by atoms with van der Waals surface area (Å²) in [6, 6.07) is 0.463. The van der Waals surface area contributed by atoms with Crippen LogP contribution in [-0.4, -0.2) is 80.0 Å². The van der Waals surface area contributed by atoms with Gasteiger partial charge in [-0.1, -0.05) is 5.92 Å². The number of nitrogens with zero attached hydrogens (tertiary/aromatic N) is 2. The molecular weight excluding hydrogens is 294 g/mol. The second kappa shape index (κ2) is 8.00. The van der Waals surface area contributed by atoms with Crippen molar-refractivity contribution in [3.63, 3.8) is 0 Å². The van der Waals surface area contributed by atoms with E-state index < -0.39 is 0 Å². The first kappa shape index (κ1) is 16.6. The fourth-order valence-corrected chi connectivity index (χ4v) is 3.69. The third-order valence-corrected chi connectivity index (χ3v) is 4.96. The number of hydrogen-bond acceptors (Lipinski definition) is 4. The number of morpholine rings is 1. The standard InChI is InChI=1S/C17H27N3O3/c1-2-7-20(11-15-6-4-9-22-15)17(21)18-10-16-12-19-8-3-5-14(19)13-23-16/h1,14-16H,3-13H2,(H,18,21). The molecule has 0 bridgehead atoms. The normalized spacial score (nSPS) is 30.7. The molecule has 6 heteroatoms. The zero-order valence-electron chi connectivity index (χ0n) is 13.7. The summed E-state index contributed by atoms with van der Waals surface area (Å²) in [7, 11) is 0. The molecule has 3 aliphatic rings. The van der Waals surface area contributed by atoms with Crippen molar-refractivity contribution < 1.29 is 14.3 Å². The Bertz CT molecular complexity index is 445. The van der Waals surface area contributed by atoms with Crippen LogP contribution >= 0.6 is 0 Å². The lowest BCUT2D eigenvalue weighted by molar-refractivity contribution is -0.0461. The fraction of sp³-hybridized carbons (Fsp3) is 0.824. The molecule has 2 amide bonds. The van der Waals surface area contributed by atoms with Gasteiger partial charge in [0.1, 0.15) is 0 Å². The molecule has 3 aliphatic heterocycles. The van der Waals surface area contributed by atoms with E-state index >= 15 is 0 Å². The minimum atomic E-state index is -0.120. The van der Waals surface area contributed by atoms with E-state index in [0.29, 0.717) is 25.7 Å². The van der Waals surface area contributed by atoms with Crippen LogP contribution in [0.3, 0.4) is 0 Å². The highest BCUT2D eigenvalue weighted by molar-refractivity contribution is 5.74. The van der Waals surface area contributed by atoms with Crippen LogP contribution in [0.25, 0.3) is 0 Å². The monoisotopic (exact) mass is 321 g/mol. The molecule has 0 radical (unpaired) electrons. The number of terminal acetylenes is 1. The van der Waals surface area contributed by atoms with E-state index in [1.165, 1.54) is 12.8 Å². The van der Waals surface area contributed by atoms with Crippen LogP contribution in [0.4, 0.5) is 4.79 Å². The Balaban J connectivity index is 1.43. The fourth-order valence-electron chi connectivity index (χ4n) is 3.69. The third-order valence-electron chi connectivity index (χ3n) is 4.96. The van der Waals surface area contributed by atoms with Crippen molar-refractivity contribution in [1.82, 2.24) is 15.1 Å². The Morgan fingerprint density at radius 1 is 1.30 bits per heavy atom. The van der Waals surface area contributed by atoms with Gasteiger partial charge < -0.3 is 19.7 Å². The molecule has 1 N–H and O–H groups in total. The maximum atomic E-state index is 12.4. The molecule has 3 heterocycles. The van der Waals surface area contributed by atoms with Gasteiger partial charge in [0, 0.05) is 32.3 Å². The van der Waals surface area contributed by atoms with Crippen LogP contribution in [0, 0.1) is 12.3 Å². The number of carbonyl (C=O) groups is 1. The summed E-state index contributed by atoms with van der Waals surface area (Å²) >= 11 is 0. The Kier molecular flexibility index (Phi) is 5.76. The predicted octanol–water partition coefficient (Wildman–Crippen LogP) is 0.673. The van der Waals surface area contributed by atoms with E-state index in [1.54, 1.807) is 4.90 Å². The number of amides is 2. The lowest BCUT2D eigenvalue weighted by Gasteiger charge is -2.35. The summed E-state index contributed by atoms with van der Waals surface area (Å²) in [5.41, 5.74) is 0. The van der Waals surface area contributed by atoms with Gasteiger partial charge in [0.2, 0.25) is 0 Å². The second-order valence-corrected chi connectivity index (χ2v) is 6.65. The Morgan fingerprint density at radius 3 is 3.00 bits per heavy atom. The molecule has 128 valence electrons. The SMILES string of the molecule is C#CCN(CC1CCCO1)C(=O)NCC1CN2CCCC2CO1. The van der Waals surface area contributed by atoms with Gasteiger partial charge in [-0.15, -0.1) is 6.42 Å². The van der Waals surface area contributed by atoms with Gasteiger partial charge in [-0.05, 0) is 32.2 Å². The van der Waals surface area contributed by atoms with Crippen LogP contribution in [0.15, 0.2) is 0 Å². The summed E-state index contributed by atoms with van der Waals surface area (Å²) in [4.78, 5) is 16.5. The molecule has 3 fully saturated rings. The highest BCUT2D eigenvalue weighted by Crippen LogP contribution is 2.22. The minimum absolute atomic E-state index is 0.0729. The quantitative estimate of drug-likeness (QED) is 0.757. The second-order valence-electron chi connectivity index (χ2n) is 6.65. The average molecular weight is 321 g/mol. The Hall–Kier alpha value is -1.29. The smallest absolute Gasteiger partial charge is 0.318 e. The molecule has 0 aromatic rings. The van der Waals surface area contributed by atoms with Crippen molar-refractivity contribution in [3.05, 3.63) is 0 Å². The molecule has 3 atom stereocenters. The number of nitrogens with one attached hydrogen (secondary N) is 1. The molecule has 0 aromatic heterocycles. The molecule has 3 unspecified atom stereocenters. The minimum Gasteiger partial charge on any atom is -0.376 e. The average Bonchev–Trinajstić information content (AvgIpc) is 3.22. The van der Waals surface area contributed by atoms with E-state index in [1.807, 2.05) is 0 Å². The summed E-state index contributed by atoms with van der Waals surface area (Å²) in [5.74, 6) is 2.56. The lowest BCUT2D eigenvalue weighted by atomic mass is 10.2. The maximum Gasteiger partial charge on any atom is 0.318 e. The first-order valence-corrected chi connectivity index (χ1v) is 8.69. The van der Waals surface area contributed by atoms with Gasteiger partial charge in [0.05, 0.1) is 25.4 Å². The molecule has 6 nitrogen and oxygen atoms in total. The Labute approximate surface area is 138 Å². The third kappa shape index (κ3) is 4.37. The summed E-state index contributed by atoms with van der Waals surface area (Å²) < 4.78 is 11.5. The van der Waals surface area contributed by atoms with Gasteiger partial charge in [0.15, 0.2) is 0 Å². The molecular formula is C17H27N3O3. The number of ether oxygens (including phenoxy) is 2. The summed E-state index contributed by atoms with van der Waals surface area (Å²) in [6.45, 7) is 5.04. The van der Waals surface area contributed by atoms with Crippen LogP contribution in [0.1, 0.15) is 25.7 Å². The number of rotatable bonds is 5. The molecule has 3 rings (SSSR count). The molecule has 3 saturated heterocycles. The van der Waals surface area contributed by atoms with Gasteiger partial charge in [-0.25, -0.2) is 4.79 Å². The predicted molar refractivity (Wildman–Crippen MR) is 87.1 cm³/mol. The van der Waals surface area contributed by atoms with E-state index in [-0.39, 0.29) is 18.2 Å². The highest BCUT2D eigenvalue weighted by Gasteiger charge is 2.32. The zero-order valence-corrected chi connectivity index (χ0v) is 13.7. The Morgan fingerprint density at radius 2 is 2.22 bits per heavy atom. The first-order chi connectivity index (χ1) is 11.3. The molecule has 0 aromatic carbocycles. The van der Waals surface area contributed by atoms with Crippen molar-refractivity contribution in [3.8, 4) is 12.3 Å². The number of carbonyl (C=O) groups excluding carboxylic acids is 1. The summed E-state index contributed by atoms with van der Waals surface area (Å²) in [6.07, 6.45) is 10.1. The van der Waals surface area contributed by atoms with Gasteiger partial charge in [0.25, 0.3) is 0 Å². The van der Waals surface area contributed by atoms with Crippen molar-refractivity contribution in [2.24, 2.45) is 0 Å². The lowest BCUT2D eigenvalue weighted by Crippen LogP contribution is -2.52. The van der Waals surface area contributed by atoms with Crippen molar-refractivity contribution >= 4 is 6.03 Å². The first-order valence-electron chi connectivity index (χ1n) is 8.69. The zero-order chi connectivity index (χ0) is 16.1. The van der Waals surface area contributed by atoms with Gasteiger partial charge >= 0.3 is 6.03 Å². The maximum absolute atomic E-state index is 12.4. The van der Waals surface area contributed by atoms with Crippen molar-refractivity contribution in [2.75, 3.05) is 45.9 Å². The largest absolute Gasteiger partial charge is 0.376 e. The van der Waals surface area contributed by atoms with Crippen molar-refractivity contribution in [1.29, 1.82) is 0 Å². The number of urea groups is 1. The number of hydrogen-bond donors (Lipinski definition) is 1. The van der Waals surface area contributed by atoms with E-state index in [9.17, 15) is 4.79 Å². The number of fused-ring (bicyclic) bond motifs is 1. The molecule has 0 spiro atoms. The topological polar surface area (TPSA) is 54.0 Å². The van der Waals surface area contributed by atoms with Crippen LogP contribution in [0.5, 0.6) is 0 Å². The van der Waals surface area contributed by atoms with E-state index in [0.717, 1.165) is 39.1 Å². The molecule has 0 saturated carbocycles. The van der Waals surface area contributed by atoms with E-state index in [4.69, 9.17) is 15.9 Å². The van der Waals surface area contributed by atoms with Crippen LogP contribution < -0.4 is 5.32 Å². The van der Waals surface area contributed by atoms with Crippen molar-refractivity contribution in [2.45, 2.75) is 43.9 Å². The highest BCUT2D eigenvalue weighted by atomic mass is 16.5. The van der Waals surface area contributed by atoms with Gasteiger partial charge in [-0.3, -0.25) is 4.90 Å². The summed E-state index contributed by atoms with van der Waals surface area (Å²) in [5, 5.41) is 2.98. The van der Waals surface area contributed by atoms with Gasteiger partial charge in [-0.2, -0.15) is 0 Å². The molecule has 23 heavy (non-hydrogen) atoms. The van der Waals surface area contributed by atoms with E-state index in [2.05, 4.69) is 16.1 Å². The van der Waals surface area contributed by atoms with Crippen LogP contribution in [-0.2, 0) is 9.47 Å².